The number of carbonyl (C=O) groups excluding carboxylic acids is 2. The van der Waals surface area contributed by atoms with E-state index in [4.69, 9.17) is 9.47 Å². The topological polar surface area (TPSA) is 111 Å². The molecule has 8 nitrogen and oxygen atoms in total. The van der Waals surface area contributed by atoms with Gasteiger partial charge in [-0.05, 0) is 42.5 Å². The summed E-state index contributed by atoms with van der Waals surface area (Å²) in [6, 6.07) is 20.4. The van der Waals surface area contributed by atoms with Crippen LogP contribution in [0.4, 0.5) is 11.4 Å². The third-order valence-corrected chi connectivity index (χ3v) is 5.49. The average Bonchev–Trinajstić information content (AvgIpc) is 2.78. The third kappa shape index (κ3) is 6.06. The van der Waals surface area contributed by atoms with Gasteiger partial charge in [0.1, 0.15) is 5.75 Å². The maximum absolute atomic E-state index is 12.4. The van der Waals surface area contributed by atoms with Crippen LogP contribution >= 0.6 is 0 Å². The largest absolute Gasteiger partial charge is 0.497 e. The summed E-state index contributed by atoms with van der Waals surface area (Å²) in [6.45, 7) is -0.504. The highest BCUT2D eigenvalue weighted by molar-refractivity contribution is 7.92. The van der Waals surface area contributed by atoms with Crippen LogP contribution in [0.25, 0.3) is 0 Å². The van der Waals surface area contributed by atoms with E-state index in [0.717, 1.165) is 0 Å². The zero-order valence-corrected chi connectivity index (χ0v) is 17.4. The molecule has 0 spiro atoms. The smallest absolute Gasteiger partial charge is 0.338 e. The van der Waals surface area contributed by atoms with Crippen LogP contribution in [-0.2, 0) is 19.6 Å². The van der Waals surface area contributed by atoms with Crippen molar-refractivity contribution >= 4 is 33.3 Å². The van der Waals surface area contributed by atoms with Crippen LogP contribution in [0, 0.1) is 0 Å². The maximum Gasteiger partial charge on any atom is 0.338 e. The van der Waals surface area contributed by atoms with Gasteiger partial charge in [-0.15, -0.1) is 0 Å². The number of anilines is 2. The fraction of sp³-hybridized carbons (Fsp3) is 0.0909. The number of methoxy groups -OCH3 is 1. The summed E-state index contributed by atoms with van der Waals surface area (Å²) in [7, 11) is -2.29. The van der Waals surface area contributed by atoms with Crippen LogP contribution in [0.5, 0.6) is 5.75 Å². The maximum atomic E-state index is 12.4. The van der Waals surface area contributed by atoms with E-state index >= 15 is 0 Å². The Bertz CT molecular complexity index is 1180. The minimum Gasteiger partial charge on any atom is -0.497 e. The molecule has 0 saturated carbocycles. The van der Waals surface area contributed by atoms with Gasteiger partial charge in [0.15, 0.2) is 6.61 Å². The number of hydrogen-bond acceptors (Lipinski definition) is 6. The van der Waals surface area contributed by atoms with Crippen LogP contribution < -0.4 is 14.8 Å². The molecule has 0 atom stereocenters. The van der Waals surface area contributed by atoms with Crippen molar-refractivity contribution in [2.45, 2.75) is 4.90 Å². The van der Waals surface area contributed by atoms with Crippen LogP contribution in [-0.4, -0.2) is 34.0 Å². The van der Waals surface area contributed by atoms with E-state index < -0.39 is 28.5 Å². The molecule has 0 aliphatic carbocycles. The molecule has 0 unspecified atom stereocenters. The van der Waals surface area contributed by atoms with Crippen LogP contribution in [0.15, 0.2) is 83.8 Å². The summed E-state index contributed by atoms with van der Waals surface area (Å²) in [4.78, 5) is 24.4. The standard InChI is InChI=1S/C22H20N2O6S/c1-29-19-10-6-8-17(14-19)23-21(25)15-30-22(26)16-7-5-9-18(13-16)24-31(27,28)20-11-3-2-4-12-20/h2-14,24H,15H2,1H3,(H,23,25). The van der Waals surface area contributed by atoms with E-state index in [9.17, 15) is 18.0 Å². The van der Waals surface area contributed by atoms with Crippen molar-refractivity contribution in [2.75, 3.05) is 23.8 Å². The first kappa shape index (κ1) is 21.8. The number of amides is 1. The van der Waals surface area contributed by atoms with Crippen molar-refractivity contribution in [3.05, 3.63) is 84.4 Å². The van der Waals surface area contributed by atoms with Gasteiger partial charge in [-0.25, -0.2) is 13.2 Å². The Morgan fingerprint density at radius 2 is 1.58 bits per heavy atom. The Balaban J connectivity index is 1.60. The first-order valence-corrected chi connectivity index (χ1v) is 10.6. The van der Waals surface area contributed by atoms with Gasteiger partial charge in [-0.3, -0.25) is 9.52 Å². The summed E-state index contributed by atoms with van der Waals surface area (Å²) < 4.78 is 37.4. The molecule has 0 fully saturated rings. The van der Waals surface area contributed by atoms with Gasteiger partial charge < -0.3 is 14.8 Å². The lowest BCUT2D eigenvalue weighted by Gasteiger charge is -2.10. The van der Waals surface area contributed by atoms with Gasteiger partial charge in [-0.2, -0.15) is 0 Å². The van der Waals surface area contributed by atoms with Crippen molar-refractivity contribution < 1.29 is 27.5 Å². The first-order valence-electron chi connectivity index (χ1n) is 9.16. The van der Waals surface area contributed by atoms with E-state index in [1.54, 1.807) is 42.5 Å². The second-order valence-corrected chi connectivity index (χ2v) is 8.04. The van der Waals surface area contributed by atoms with Crippen molar-refractivity contribution in [2.24, 2.45) is 0 Å². The number of benzene rings is 3. The molecule has 3 rings (SSSR count). The highest BCUT2D eigenvalue weighted by atomic mass is 32.2. The van der Waals surface area contributed by atoms with Gasteiger partial charge in [-0.1, -0.05) is 30.3 Å². The lowest BCUT2D eigenvalue weighted by molar-refractivity contribution is -0.119. The predicted octanol–water partition coefficient (Wildman–Crippen LogP) is 3.29. The molecule has 0 aromatic heterocycles. The zero-order chi connectivity index (χ0) is 22.3. The molecule has 0 aliphatic rings. The van der Waals surface area contributed by atoms with E-state index in [1.807, 2.05) is 0 Å². The fourth-order valence-corrected chi connectivity index (χ4v) is 3.71. The molecule has 0 saturated heterocycles. The average molecular weight is 440 g/mol. The molecule has 2 N–H and O–H groups in total. The Morgan fingerprint density at radius 1 is 0.871 bits per heavy atom. The van der Waals surface area contributed by atoms with Crippen LogP contribution in [0.3, 0.4) is 0 Å². The lowest BCUT2D eigenvalue weighted by Crippen LogP contribution is -2.21. The van der Waals surface area contributed by atoms with Crippen LogP contribution in [0.2, 0.25) is 0 Å². The molecule has 160 valence electrons. The Hall–Kier alpha value is -3.85. The second-order valence-electron chi connectivity index (χ2n) is 6.36. The third-order valence-electron chi connectivity index (χ3n) is 4.09. The fourth-order valence-electron chi connectivity index (χ4n) is 2.64. The van der Waals surface area contributed by atoms with Crippen LogP contribution in [0.1, 0.15) is 10.4 Å². The summed E-state index contributed by atoms with van der Waals surface area (Å²) in [5.41, 5.74) is 0.791. The zero-order valence-electron chi connectivity index (χ0n) is 16.6. The van der Waals surface area contributed by atoms with Crippen molar-refractivity contribution in [1.29, 1.82) is 0 Å². The molecule has 3 aromatic carbocycles. The molecule has 3 aromatic rings. The minimum absolute atomic E-state index is 0.0946. The number of sulfonamides is 1. The van der Waals surface area contributed by atoms with Crippen molar-refractivity contribution in [1.82, 2.24) is 0 Å². The normalized spacial score (nSPS) is 10.7. The van der Waals surface area contributed by atoms with Crippen molar-refractivity contribution in [3.63, 3.8) is 0 Å². The number of carbonyl (C=O) groups is 2. The summed E-state index contributed by atoms with van der Waals surface area (Å²) >= 11 is 0. The summed E-state index contributed by atoms with van der Waals surface area (Å²) in [5.74, 6) is -0.714. The Morgan fingerprint density at radius 3 is 2.32 bits per heavy atom. The molecular weight excluding hydrogens is 420 g/mol. The molecule has 0 bridgehead atoms. The van der Waals surface area contributed by atoms with E-state index in [-0.39, 0.29) is 16.1 Å². The van der Waals surface area contributed by atoms with Gasteiger partial charge >= 0.3 is 5.97 Å². The highest BCUT2D eigenvalue weighted by Gasteiger charge is 2.16. The van der Waals surface area contributed by atoms with E-state index in [1.165, 1.54) is 43.5 Å². The predicted molar refractivity (Wildman–Crippen MR) is 116 cm³/mol. The molecule has 1 amide bonds. The monoisotopic (exact) mass is 440 g/mol. The molecule has 31 heavy (non-hydrogen) atoms. The summed E-state index contributed by atoms with van der Waals surface area (Å²) in [6.07, 6.45) is 0. The SMILES string of the molecule is COc1cccc(NC(=O)COC(=O)c2cccc(NS(=O)(=O)c3ccccc3)c2)c1. The highest BCUT2D eigenvalue weighted by Crippen LogP contribution is 2.18. The number of ether oxygens (including phenoxy) is 2. The van der Waals surface area contributed by atoms with Crippen molar-refractivity contribution in [3.8, 4) is 5.75 Å². The molecule has 9 heteroatoms. The van der Waals surface area contributed by atoms with E-state index in [2.05, 4.69) is 10.0 Å². The Labute approximate surface area is 179 Å². The molecular formula is C22H20N2O6S. The molecule has 0 heterocycles. The number of nitrogens with one attached hydrogen (secondary N) is 2. The van der Waals surface area contributed by atoms with E-state index in [0.29, 0.717) is 11.4 Å². The number of rotatable bonds is 8. The summed E-state index contributed by atoms with van der Waals surface area (Å²) in [5, 5.41) is 2.60. The van der Waals surface area contributed by atoms with Gasteiger partial charge in [0.25, 0.3) is 15.9 Å². The van der Waals surface area contributed by atoms with Gasteiger partial charge in [0.2, 0.25) is 0 Å². The number of esters is 1. The second kappa shape index (κ2) is 9.77. The molecule has 0 aliphatic heterocycles. The number of hydrogen-bond donors (Lipinski definition) is 2. The van der Waals surface area contributed by atoms with Gasteiger partial charge in [0, 0.05) is 17.4 Å². The Kier molecular flexibility index (Phi) is 6.88. The van der Waals surface area contributed by atoms with Gasteiger partial charge in [0.05, 0.1) is 17.6 Å². The minimum atomic E-state index is -3.80. The quantitative estimate of drug-likeness (QED) is 0.520. The molecule has 0 radical (unpaired) electrons. The first-order chi connectivity index (χ1) is 14.9. The lowest BCUT2D eigenvalue weighted by atomic mass is 10.2.